The fourth-order valence-corrected chi connectivity index (χ4v) is 2.28. The molecule has 0 bridgehead atoms. The summed E-state index contributed by atoms with van der Waals surface area (Å²) in [5, 5.41) is 18.3. The molecule has 0 heterocycles. The molecule has 0 aliphatic heterocycles. The lowest BCUT2D eigenvalue weighted by Gasteiger charge is -2.26. The fourth-order valence-electron chi connectivity index (χ4n) is 1.87. The standard InChI is InChI=1S/C13H20BrNO3/c1-15(12(9-17)5-6-16)8-10-7-11(14)3-4-13(10)18-2/h3-4,7,12,16-17H,5-6,8-9H2,1-2H3. The van der Waals surface area contributed by atoms with Crippen LogP contribution in [-0.2, 0) is 6.54 Å². The van der Waals surface area contributed by atoms with Gasteiger partial charge in [-0.05, 0) is 31.7 Å². The van der Waals surface area contributed by atoms with E-state index in [0.29, 0.717) is 13.0 Å². The van der Waals surface area contributed by atoms with Gasteiger partial charge in [-0.25, -0.2) is 0 Å². The second-order valence-electron chi connectivity index (χ2n) is 4.22. The molecule has 1 atom stereocenters. The minimum Gasteiger partial charge on any atom is -0.496 e. The first-order chi connectivity index (χ1) is 8.62. The monoisotopic (exact) mass is 317 g/mol. The summed E-state index contributed by atoms with van der Waals surface area (Å²) in [5.74, 6) is 0.825. The molecule has 0 saturated carbocycles. The van der Waals surface area contributed by atoms with Crippen molar-refractivity contribution in [1.82, 2.24) is 4.90 Å². The van der Waals surface area contributed by atoms with E-state index >= 15 is 0 Å². The molecule has 4 nitrogen and oxygen atoms in total. The smallest absolute Gasteiger partial charge is 0.123 e. The van der Waals surface area contributed by atoms with Crippen LogP contribution in [0.3, 0.4) is 0 Å². The van der Waals surface area contributed by atoms with Gasteiger partial charge < -0.3 is 14.9 Å². The Morgan fingerprint density at radius 3 is 2.67 bits per heavy atom. The normalized spacial score (nSPS) is 12.8. The van der Waals surface area contributed by atoms with E-state index in [2.05, 4.69) is 15.9 Å². The molecular formula is C13H20BrNO3. The zero-order valence-electron chi connectivity index (χ0n) is 10.8. The lowest BCUT2D eigenvalue weighted by atomic mass is 10.1. The van der Waals surface area contributed by atoms with Gasteiger partial charge in [0.05, 0.1) is 13.7 Å². The van der Waals surface area contributed by atoms with Gasteiger partial charge in [0.1, 0.15) is 5.75 Å². The van der Waals surface area contributed by atoms with Gasteiger partial charge in [-0.2, -0.15) is 0 Å². The number of hydrogen-bond donors (Lipinski definition) is 2. The van der Waals surface area contributed by atoms with Gasteiger partial charge in [0.15, 0.2) is 0 Å². The quantitative estimate of drug-likeness (QED) is 0.802. The molecular weight excluding hydrogens is 298 g/mol. The number of hydrogen-bond acceptors (Lipinski definition) is 4. The van der Waals surface area contributed by atoms with Crippen LogP contribution in [0.4, 0.5) is 0 Å². The Labute approximate surface area is 116 Å². The Kier molecular flexibility index (Phi) is 6.63. The van der Waals surface area contributed by atoms with E-state index in [-0.39, 0.29) is 19.3 Å². The summed E-state index contributed by atoms with van der Waals surface area (Å²) in [7, 11) is 3.57. The van der Waals surface area contributed by atoms with Crippen LogP contribution in [-0.4, -0.2) is 48.5 Å². The van der Waals surface area contributed by atoms with Crippen molar-refractivity contribution in [2.24, 2.45) is 0 Å². The molecule has 102 valence electrons. The van der Waals surface area contributed by atoms with Gasteiger partial charge in [0, 0.05) is 29.2 Å². The summed E-state index contributed by atoms with van der Waals surface area (Å²) in [4.78, 5) is 2.01. The SMILES string of the molecule is COc1ccc(Br)cc1CN(C)C(CO)CCO. The van der Waals surface area contributed by atoms with Crippen molar-refractivity contribution in [3.63, 3.8) is 0 Å². The molecule has 0 fully saturated rings. The van der Waals surface area contributed by atoms with Gasteiger partial charge in [0.2, 0.25) is 0 Å². The third kappa shape index (κ3) is 4.24. The molecule has 0 amide bonds. The van der Waals surface area contributed by atoms with Crippen LogP contribution in [0.5, 0.6) is 5.75 Å². The molecule has 1 aromatic carbocycles. The number of aliphatic hydroxyl groups excluding tert-OH is 2. The van der Waals surface area contributed by atoms with Gasteiger partial charge in [-0.15, -0.1) is 0 Å². The van der Waals surface area contributed by atoms with Crippen molar-refractivity contribution in [1.29, 1.82) is 0 Å². The number of nitrogens with zero attached hydrogens (tertiary/aromatic N) is 1. The third-order valence-corrected chi connectivity index (χ3v) is 3.45. The predicted molar refractivity (Wildman–Crippen MR) is 74.7 cm³/mol. The van der Waals surface area contributed by atoms with E-state index in [1.165, 1.54) is 0 Å². The lowest BCUT2D eigenvalue weighted by Crippen LogP contribution is -2.35. The van der Waals surface area contributed by atoms with Crippen LogP contribution in [0.1, 0.15) is 12.0 Å². The van der Waals surface area contributed by atoms with Crippen molar-refractivity contribution in [3.05, 3.63) is 28.2 Å². The molecule has 0 aromatic heterocycles. The molecule has 2 N–H and O–H groups in total. The highest BCUT2D eigenvalue weighted by Crippen LogP contribution is 2.24. The second-order valence-corrected chi connectivity index (χ2v) is 5.14. The van der Waals surface area contributed by atoms with E-state index in [1.807, 2.05) is 30.1 Å². The topological polar surface area (TPSA) is 52.9 Å². The Balaban J connectivity index is 2.79. The van der Waals surface area contributed by atoms with E-state index in [4.69, 9.17) is 9.84 Å². The summed E-state index contributed by atoms with van der Waals surface area (Å²) in [6.45, 7) is 0.770. The van der Waals surface area contributed by atoms with Gasteiger partial charge in [0.25, 0.3) is 0 Å². The minimum atomic E-state index is -0.0429. The Morgan fingerprint density at radius 2 is 2.11 bits per heavy atom. The van der Waals surface area contributed by atoms with E-state index < -0.39 is 0 Å². The largest absolute Gasteiger partial charge is 0.496 e. The fraction of sp³-hybridized carbons (Fsp3) is 0.538. The van der Waals surface area contributed by atoms with Crippen molar-refractivity contribution >= 4 is 15.9 Å². The minimum absolute atomic E-state index is 0.0351. The van der Waals surface area contributed by atoms with Gasteiger partial charge >= 0.3 is 0 Å². The number of likely N-dealkylation sites (N-methyl/N-ethyl adjacent to an activating group) is 1. The molecule has 1 unspecified atom stereocenters. The first kappa shape index (κ1) is 15.4. The maximum atomic E-state index is 9.29. The Bertz CT molecular complexity index is 373. The molecule has 0 saturated heterocycles. The van der Waals surface area contributed by atoms with E-state index in [1.54, 1.807) is 7.11 Å². The lowest BCUT2D eigenvalue weighted by molar-refractivity contribution is 0.114. The Hall–Kier alpha value is -0.620. The van der Waals surface area contributed by atoms with Crippen molar-refractivity contribution in [2.75, 3.05) is 27.4 Å². The number of benzene rings is 1. The summed E-state index contributed by atoms with van der Waals surface area (Å²) in [6, 6.07) is 5.80. The molecule has 5 heteroatoms. The van der Waals surface area contributed by atoms with Gasteiger partial charge in [-0.3, -0.25) is 4.90 Å². The highest BCUT2D eigenvalue weighted by molar-refractivity contribution is 9.10. The van der Waals surface area contributed by atoms with Crippen molar-refractivity contribution < 1.29 is 14.9 Å². The molecule has 0 spiro atoms. The van der Waals surface area contributed by atoms with Crippen molar-refractivity contribution in [3.8, 4) is 5.75 Å². The summed E-state index contributed by atoms with van der Waals surface area (Å²) < 4.78 is 6.31. The third-order valence-electron chi connectivity index (χ3n) is 2.96. The zero-order valence-corrected chi connectivity index (χ0v) is 12.4. The maximum Gasteiger partial charge on any atom is 0.123 e. The summed E-state index contributed by atoms with van der Waals surface area (Å²) in [6.07, 6.45) is 0.559. The van der Waals surface area contributed by atoms with Crippen LogP contribution in [0.15, 0.2) is 22.7 Å². The zero-order chi connectivity index (χ0) is 13.5. The second kappa shape index (κ2) is 7.74. The number of methoxy groups -OCH3 is 1. The van der Waals surface area contributed by atoms with Crippen LogP contribution >= 0.6 is 15.9 Å². The first-order valence-electron chi connectivity index (χ1n) is 5.86. The molecule has 0 aliphatic rings. The molecule has 0 aliphatic carbocycles. The molecule has 1 aromatic rings. The van der Waals surface area contributed by atoms with E-state index in [9.17, 15) is 5.11 Å². The Morgan fingerprint density at radius 1 is 1.39 bits per heavy atom. The average Bonchev–Trinajstić information content (AvgIpc) is 2.36. The highest BCUT2D eigenvalue weighted by atomic mass is 79.9. The summed E-state index contributed by atoms with van der Waals surface area (Å²) >= 11 is 3.44. The average molecular weight is 318 g/mol. The van der Waals surface area contributed by atoms with Gasteiger partial charge in [-0.1, -0.05) is 15.9 Å². The molecule has 18 heavy (non-hydrogen) atoms. The van der Waals surface area contributed by atoms with Crippen LogP contribution < -0.4 is 4.74 Å². The van der Waals surface area contributed by atoms with E-state index in [0.717, 1.165) is 15.8 Å². The number of rotatable bonds is 7. The van der Waals surface area contributed by atoms with Crippen molar-refractivity contribution in [2.45, 2.75) is 19.0 Å². The number of aliphatic hydroxyl groups is 2. The molecule has 0 radical (unpaired) electrons. The summed E-state index contributed by atoms with van der Waals surface area (Å²) in [5.41, 5.74) is 1.05. The molecule has 1 rings (SSSR count). The van der Waals surface area contributed by atoms with Crippen LogP contribution in [0.2, 0.25) is 0 Å². The van der Waals surface area contributed by atoms with Crippen LogP contribution in [0, 0.1) is 0 Å². The highest BCUT2D eigenvalue weighted by Gasteiger charge is 2.15. The number of ether oxygens (including phenoxy) is 1. The maximum absolute atomic E-state index is 9.29. The van der Waals surface area contributed by atoms with Crippen LogP contribution in [0.25, 0.3) is 0 Å². The first-order valence-corrected chi connectivity index (χ1v) is 6.66. The predicted octanol–water partition coefficient (Wildman–Crippen LogP) is 1.63. The number of halogens is 1.